The molecule has 3 rings (SSSR count). The fraction of sp³-hybridized carbons (Fsp3) is 0.0714. The first-order valence-electron chi connectivity index (χ1n) is 5.99. The van der Waals surface area contributed by atoms with Gasteiger partial charge in [0.15, 0.2) is 0 Å². The zero-order valence-corrected chi connectivity index (χ0v) is 11.4. The Morgan fingerprint density at radius 2 is 1.86 bits per heavy atom. The van der Waals surface area contributed by atoms with Gasteiger partial charge in [-0.1, -0.05) is 17.7 Å². The zero-order valence-electron chi connectivity index (χ0n) is 10.6. The van der Waals surface area contributed by atoms with Gasteiger partial charge in [0.25, 0.3) is 0 Å². The van der Waals surface area contributed by atoms with Gasteiger partial charge in [0, 0.05) is 10.6 Å². The molecule has 0 bridgehead atoms. The molecular weight excluding hydrogens is 300 g/mol. The third kappa shape index (κ3) is 1.99. The molecule has 108 valence electrons. The van der Waals surface area contributed by atoms with Crippen LogP contribution in [0.4, 0.5) is 14.5 Å². The number of fused-ring (bicyclic) bond motifs is 1. The Bertz CT molecular complexity index is 733. The molecule has 0 fully saturated rings. The normalized spacial score (nSPS) is 20.5. The monoisotopic (exact) mass is 309 g/mol. The summed E-state index contributed by atoms with van der Waals surface area (Å²) < 4.78 is 28.2. The Balaban J connectivity index is 2.34. The topological polar surface area (TPSA) is 61.8 Å². The second-order valence-corrected chi connectivity index (χ2v) is 5.02. The molecule has 0 aromatic heterocycles. The molecule has 0 radical (unpaired) electrons. The first kappa shape index (κ1) is 13.9. The minimum absolute atomic E-state index is 0.101. The number of nitrogens with two attached hydrogens (primary N) is 1. The van der Waals surface area contributed by atoms with E-state index in [-0.39, 0.29) is 10.6 Å². The van der Waals surface area contributed by atoms with Gasteiger partial charge >= 0.3 is 0 Å². The van der Waals surface area contributed by atoms with Crippen LogP contribution in [0.5, 0.6) is 0 Å². The summed E-state index contributed by atoms with van der Waals surface area (Å²) in [5, 5.41) is 12.0. The van der Waals surface area contributed by atoms with Crippen LogP contribution < -0.4 is 5.84 Å². The largest absolute Gasteiger partial charge is 0.362 e. The molecule has 0 saturated carbocycles. The first-order chi connectivity index (χ1) is 9.94. The lowest BCUT2D eigenvalue weighted by atomic mass is 9.90. The Labute approximate surface area is 124 Å². The van der Waals surface area contributed by atoms with E-state index in [1.54, 1.807) is 6.07 Å². The quantitative estimate of drug-likeness (QED) is 0.796. The number of aliphatic hydroxyl groups is 1. The fourth-order valence-corrected chi connectivity index (χ4v) is 2.51. The molecule has 0 amide bonds. The van der Waals surface area contributed by atoms with E-state index in [9.17, 15) is 13.9 Å². The summed E-state index contributed by atoms with van der Waals surface area (Å²) in [5.74, 6) is 3.86. The van der Waals surface area contributed by atoms with E-state index in [1.807, 2.05) is 0 Å². The van der Waals surface area contributed by atoms with E-state index in [1.165, 1.54) is 18.2 Å². The molecule has 0 aliphatic carbocycles. The summed E-state index contributed by atoms with van der Waals surface area (Å²) >= 11 is 5.91. The average molecular weight is 310 g/mol. The van der Waals surface area contributed by atoms with Gasteiger partial charge in [-0.15, -0.1) is 0 Å². The van der Waals surface area contributed by atoms with Gasteiger partial charge in [-0.2, -0.15) is 0 Å². The van der Waals surface area contributed by atoms with Gasteiger partial charge < -0.3 is 5.11 Å². The predicted molar refractivity (Wildman–Crippen MR) is 75.0 cm³/mol. The number of aliphatic imine (C=N–C) groups is 1. The van der Waals surface area contributed by atoms with E-state index >= 15 is 0 Å². The molecule has 1 aliphatic heterocycles. The second kappa shape index (κ2) is 4.77. The number of halogens is 3. The number of hydrogen-bond donors (Lipinski definition) is 2. The highest BCUT2D eigenvalue weighted by Gasteiger charge is 2.44. The number of hydrogen-bond acceptors (Lipinski definition) is 4. The highest BCUT2D eigenvalue weighted by atomic mass is 35.5. The maximum absolute atomic E-state index is 14.1. The number of hydrazine groups is 1. The van der Waals surface area contributed by atoms with Crippen molar-refractivity contribution < 1.29 is 13.9 Å². The Morgan fingerprint density at radius 1 is 1.19 bits per heavy atom. The third-order valence-corrected chi connectivity index (χ3v) is 3.58. The third-order valence-electron chi connectivity index (χ3n) is 3.34. The van der Waals surface area contributed by atoms with Crippen LogP contribution in [0.25, 0.3) is 0 Å². The molecule has 1 heterocycles. The number of nitrogens with zero attached hydrogens (tertiary/aromatic N) is 2. The molecule has 2 aromatic rings. The molecule has 4 nitrogen and oxygen atoms in total. The molecule has 1 aliphatic rings. The van der Waals surface area contributed by atoms with Crippen LogP contribution in [-0.2, 0) is 5.72 Å². The maximum atomic E-state index is 14.1. The van der Waals surface area contributed by atoms with Gasteiger partial charge in [0.05, 0.1) is 11.3 Å². The van der Waals surface area contributed by atoms with Crippen molar-refractivity contribution >= 4 is 23.6 Å². The lowest BCUT2D eigenvalue weighted by Crippen LogP contribution is -2.53. The van der Waals surface area contributed by atoms with Crippen LogP contribution in [0.3, 0.4) is 0 Å². The molecule has 0 spiro atoms. The van der Waals surface area contributed by atoms with Crippen LogP contribution >= 0.6 is 11.6 Å². The summed E-state index contributed by atoms with van der Waals surface area (Å²) in [6.45, 7) is 0. The standard InChI is InChI=1S/C14H10ClF2N3O/c15-8-4-5-12-9(6-8)14(21,20(18)7-19-12)13-10(16)2-1-3-11(13)17/h1-7,21H,18H2. The van der Waals surface area contributed by atoms with E-state index < -0.39 is 22.9 Å². The van der Waals surface area contributed by atoms with Gasteiger partial charge in [0.2, 0.25) is 5.72 Å². The van der Waals surface area contributed by atoms with Crippen molar-refractivity contribution in [2.75, 3.05) is 0 Å². The van der Waals surface area contributed by atoms with Crippen molar-refractivity contribution in [3.63, 3.8) is 0 Å². The van der Waals surface area contributed by atoms with Gasteiger partial charge in [-0.05, 0) is 30.3 Å². The van der Waals surface area contributed by atoms with Crippen molar-refractivity contribution in [2.24, 2.45) is 10.8 Å². The predicted octanol–water partition coefficient (Wildman–Crippen LogP) is 2.66. The highest BCUT2D eigenvalue weighted by Crippen LogP contribution is 2.42. The van der Waals surface area contributed by atoms with Gasteiger partial charge in [-0.3, -0.25) is 5.01 Å². The van der Waals surface area contributed by atoms with Crippen molar-refractivity contribution in [2.45, 2.75) is 5.72 Å². The van der Waals surface area contributed by atoms with Gasteiger partial charge in [-0.25, -0.2) is 19.6 Å². The second-order valence-electron chi connectivity index (χ2n) is 4.58. The molecule has 3 N–H and O–H groups in total. The van der Waals surface area contributed by atoms with E-state index in [0.717, 1.165) is 23.5 Å². The molecule has 1 atom stereocenters. The lowest BCUT2D eigenvalue weighted by Gasteiger charge is -2.39. The zero-order chi connectivity index (χ0) is 15.2. The molecule has 7 heteroatoms. The van der Waals surface area contributed by atoms with Crippen LogP contribution in [0.2, 0.25) is 5.02 Å². The first-order valence-corrected chi connectivity index (χ1v) is 6.37. The molecular formula is C14H10ClF2N3O. The van der Waals surface area contributed by atoms with Crippen LogP contribution in [-0.4, -0.2) is 16.5 Å². The summed E-state index contributed by atoms with van der Waals surface area (Å²) in [7, 11) is 0. The summed E-state index contributed by atoms with van der Waals surface area (Å²) in [6.07, 6.45) is 1.10. The van der Waals surface area contributed by atoms with Crippen LogP contribution in [0, 0.1) is 11.6 Å². The van der Waals surface area contributed by atoms with Crippen molar-refractivity contribution in [1.82, 2.24) is 5.01 Å². The van der Waals surface area contributed by atoms with Crippen molar-refractivity contribution in [3.05, 3.63) is 64.2 Å². The SMILES string of the molecule is NN1C=Nc2ccc(Cl)cc2C1(O)c1c(F)cccc1F. The van der Waals surface area contributed by atoms with E-state index in [4.69, 9.17) is 17.4 Å². The minimum Gasteiger partial charge on any atom is -0.362 e. The minimum atomic E-state index is -2.24. The Kier molecular flexibility index (Phi) is 3.16. The van der Waals surface area contributed by atoms with Crippen LogP contribution in [0.1, 0.15) is 11.1 Å². The van der Waals surface area contributed by atoms with E-state index in [2.05, 4.69) is 4.99 Å². The highest BCUT2D eigenvalue weighted by molar-refractivity contribution is 6.30. The number of rotatable bonds is 1. The van der Waals surface area contributed by atoms with Gasteiger partial charge in [0.1, 0.15) is 18.0 Å². The average Bonchev–Trinajstić information content (AvgIpc) is 2.44. The summed E-state index contributed by atoms with van der Waals surface area (Å²) in [6, 6.07) is 7.75. The molecule has 1 unspecified atom stereocenters. The van der Waals surface area contributed by atoms with Crippen molar-refractivity contribution in [3.8, 4) is 0 Å². The Morgan fingerprint density at radius 3 is 2.52 bits per heavy atom. The molecule has 0 saturated heterocycles. The van der Waals surface area contributed by atoms with Crippen molar-refractivity contribution in [1.29, 1.82) is 0 Å². The Hall–Kier alpha value is -2.02. The molecule has 2 aromatic carbocycles. The smallest absolute Gasteiger partial charge is 0.213 e. The van der Waals surface area contributed by atoms with Crippen LogP contribution in [0.15, 0.2) is 41.4 Å². The summed E-state index contributed by atoms with van der Waals surface area (Å²) in [4.78, 5) is 4.01. The summed E-state index contributed by atoms with van der Waals surface area (Å²) in [5.41, 5.74) is -2.39. The van der Waals surface area contributed by atoms with E-state index in [0.29, 0.717) is 5.69 Å². The molecule has 21 heavy (non-hydrogen) atoms. The lowest BCUT2D eigenvalue weighted by molar-refractivity contribution is -0.0431. The number of benzene rings is 2. The fourth-order valence-electron chi connectivity index (χ4n) is 2.34. The maximum Gasteiger partial charge on any atom is 0.213 e.